The minimum atomic E-state index is -1.33. The van der Waals surface area contributed by atoms with Crippen LogP contribution < -0.4 is 5.73 Å². The molecule has 0 radical (unpaired) electrons. The Morgan fingerprint density at radius 2 is 1.67 bits per heavy atom. The average molecular weight is 329 g/mol. The molecule has 0 bridgehead atoms. The van der Waals surface area contributed by atoms with Crippen LogP contribution in [0.4, 0.5) is 4.79 Å². The van der Waals surface area contributed by atoms with Crippen molar-refractivity contribution in [1.82, 2.24) is 0 Å². The second-order valence-corrected chi connectivity index (χ2v) is 5.24. The summed E-state index contributed by atoms with van der Waals surface area (Å²) in [4.78, 5) is 22.1. The molecule has 0 unspecified atom stereocenters. The van der Waals surface area contributed by atoms with Gasteiger partial charge in [0.25, 0.3) is 0 Å². The van der Waals surface area contributed by atoms with Crippen molar-refractivity contribution < 1.29 is 19.1 Å². The first kappa shape index (κ1) is 14.5. The Hall–Kier alpha value is -0.530. The van der Waals surface area contributed by atoms with Crippen molar-refractivity contribution in [1.29, 1.82) is 0 Å². The van der Waals surface area contributed by atoms with E-state index in [2.05, 4.69) is 0 Å². The van der Waals surface area contributed by atoms with Crippen molar-refractivity contribution in [3.63, 3.8) is 0 Å². The SMILES string of the molecule is CC(C)C(=O)O[C@@](I)(OC(N)=O)C(C)C. The lowest BCUT2D eigenvalue weighted by molar-refractivity contribution is -0.183. The molecule has 1 atom stereocenters. The van der Waals surface area contributed by atoms with Gasteiger partial charge in [0.05, 0.1) is 5.92 Å². The quantitative estimate of drug-likeness (QED) is 0.370. The largest absolute Gasteiger partial charge is 0.413 e. The average Bonchev–Trinajstić information content (AvgIpc) is 2.01. The van der Waals surface area contributed by atoms with E-state index in [1.807, 2.05) is 0 Å². The Labute approximate surface area is 103 Å². The van der Waals surface area contributed by atoms with E-state index in [0.29, 0.717) is 0 Å². The van der Waals surface area contributed by atoms with Gasteiger partial charge in [-0.2, -0.15) is 0 Å². The van der Waals surface area contributed by atoms with Crippen molar-refractivity contribution >= 4 is 34.7 Å². The predicted octanol–water partition coefficient (Wildman–Crippen LogP) is 2.03. The number of alkyl halides is 1. The van der Waals surface area contributed by atoms with Crippen LogP contribution in [0, 0.1) is 11.8 Å². The Morgan fingerprint density at radius 3 is 1.93 bits per heavy atom. The fraction of sp³-hybridized carbons (Fsp3) is 0.778. The lowest BCUT2D eigenvalue weighted by Gasteiger charge is -2.30. The second kappa shape index (κ2) is 5.53. The van der Waals surface area contributed by atoms with Gasteiger partial charge in [-0.25, -0.2) is 4.79 Å². The Balaban J connectivity index is 4.66. The molecule has 0 aromatic heterocycles. The molecule has 0 heterocycles. The van der Waals surface area contributed by atoms with Gasteiger partial charge in [-0.3, -0.25) is 4.79 Å². The molecule has 0 aromatic carbocycles. The van der Waals surface area contributed by atoms with Gasteiger partial charge in [-0.1, -0.05) is 27.7 Å². The summed E-state index contributed by atoms with van der Waals surface area (Å²) >= 11 is 1.76. The summed E-state index contributed by atoms with van der Waals surface area (Å²) in [5.74, 6) is -0.901. The third-order valence-electron chi connectivity index (χ3n) is 1.64. The predicted molar refractivity (Wildman–Crippen MR) is 63.2 cm³/mol. The van der Waals surface area contributed by atoms with Crippen LogP contribution in [-0.2, 0) is 14.3 Å². The van der Waals surface area contributed by atoms with Crippen LogP contribution in [0.15, 0.2) is 0 Å². The molecule has 0 fully saturated rings. The Morgan fingerprint density at radius 1 is 1.20 bits per heavy atom. The van der Waals surface area contributed by atoms with E-state index in [4.69, 9.17) is 15.2 Å². The highest BCUT2D eigenvalue weighted by molar-refractivity contribution is 14.1. The number of hydrogen-bond donors (Lipinski definition) is 1. The number of primary amides is 1. The van der Waals surface area contributed by atoms with Gasteiger partial charge < -0.3 is 15.2 Å². The summed E-state index contributed by atoms with van der Waals surface area (Å²) in [7, 11) is 0. The number of nitrogens with two attached hydrogens (primary N) is 1. The molecular formula is C9H16INO4. The van der Waals surface area contributed by atoms with Crippen molar-refractivity contribution in [3.05, 3.63) is 0 Å². The lowest BCUT2D eigenvalue weighted by atomic mass is 10.2. The Kier molecular flexibility index (Phi) is 5.33. The number of carbonyl (C=O) groups excluding carboxylic acids is 2. The first-order valence-electron chi connectivity index (χ1n) is 4.59. The number of halogens is 1. The molecule has 0 saturated carbocycles. The molecule has 0 aromatic rings. The number of carbonyl (C=O) groups is 2. The van der Waals surface area contributed by atoms with Crippen LogP contribution in [0.5, 0.6) is 0 Å². The van der Waals surface area contributed by atoms with Crippen molar-refractivity contribution in [3.8, 4) is 0 Å². The number of hydrogen-bond acceptors (Lipinski definition) is 4. The third kappa shape index (κ3) is 4.67. The molecular weight excluding hydrogens is 313 g/mol. The maximum atomic E-state index is 11.4. The molecule has 1 amide bonds. The zero-order chi connectivity index (χ0) is 12.2. The van der Waals surface area contributed by atoms with E-state index in [1.165, 1.54) is 0 Å². The van der Waals surface area contributed by atoms with Crippen molar-refractivity contribution in [2.24, 2.45) is 17.6 Å². The van der Waals surface area contributed by atoms with Gasteiger partial charge in [-0.15, -0.1) is 0 Å². The zero-order valence-corrected chi connectivity index (χ0v) is 11.4. The van der Waals surface area contributed by atoms with Crippen LogP contribution in [0.3, 0.4) is 0 Å². The van der Waals surface area contributed by atoms with Crippen LogP contribution in [0.25, 0.3) is 0 Å². The topological polar surface area (TPSA) is 78.6 Å². The van der Waals surface area contributed by atoms with Crippen molar-refractivity contribution in [2.75, 3.05) is 0 Å². The summed E-state index contributed by atoms with van der Waals surface area (Å²) < 4.78 is 8.57. The number of esters is 1. The van der Waals surface area contributed by atoms with E-state index in [1.54, 1.807) is 50.3 Å². The summed E-state index contributed by atoms with van der Waals surface area (Å²) in [5, 5.41) is 0. The molecule has 5 nitrogen and oxygen atoms in total. The molecule has 6 heteroatoms. The highest BCUT2D eigenvalue weighted by Gasteiger charge is 2.39. The fourth-order valence-corrected chi connectivity index (χ4v) is 1.08. The summed E-state index contributed by atoms with van der Waals surface area (Å²) in [6.45, 7) is 6.93. The molecule has 0 aliphatic rings. The fourth-order valence-electron chi connectivity index (χ4n) is 0.649. The Bertz CT molecular complexity index is 254. The van der Waals surface area contributed by atoms with Crippen LogP contribution in [0.2, 0.25) is 0 Å². The van der Waals surface area contributed by atoms with Gasteiger partial charge in [0, 0.05) is 28.5 Å². The first-order chi connectivity index (χ1) is 6.69. The summed E-state index contributed by atoms with van der Waals surface area (Å²) in [6.07, 6.45) is -0.963. The van der Waals surface area contributed by atoms with Crippen LogP contribution in [-0.4, -0.2) is 15.9 Å². The van der Waals surface area contributed by atoms with Crippen LogP contribution in [0.1, 0.15) is 27.7 Å². The van der Waals surface area contributed by atoms with Gasteiger partial charge >= 0.3 is 15.9 Å². The second-order valence-electron chi connectivity index (χ2n) is 3.73. The maximum Gasteiger partial charge on any atom is 0.408 e. The van der Waals surface area contributed by atoms with Crippen molar-refractivity contribution in [2.45, 2.75) is 31.5 Å². The lowest BCUT2D eigenvalue weighted by Crippen LogP contribution is -2.41. The summed E-state index contributed by atoms with van der Waals surface area (Å²) in [6, 6.07) is 0. The number of ether oxygens (including phenoxy) is 2. The molecule has 0 rings (SSSR count). The zero-order valence-electron chi connectivity index (χ0n) is 9.24. The first-order valence-corrected chi connectivity index (χ1v) is 5.67. The minimum absolute atomic E-state index is 0.187. The van der Waals surface area contributed by atoms with E-state index < -0.39 is 15.9 Å². The minimum Gasteiger partial charge on any atom is -0.413 e. The van der Waals surface area contributed by atoms with Crippen LogP contribution >= 0.6 is 22.6 Å². The van der Waals surface area contributed by atoms with E-state index in [-0.39, 0.29) is 11.8 Å². The molecule has 0 aliphatic carbocycles. The van der Waals surface area contributed by atoms with E-state index in [9.17, 15) is 9.59 Å². The smallest absolute Gasteiger partial charge is 0.408 e. The molecule has 88 valence electrons. The van der Waals surface area contributed by atoms with Gasteiger partial charge in [0.15, 0.2) is 0 Å². The van der Waals surface area contributed by atoms with Gasteiger partial charge in [0.1, 0.15) is 0 Å². The number of rotatable bonds is 4. The number of amides is 1. The van der Waals surface area contributed by atoms with Gasteiger partial charge in [0.2, 0.25) is 0 Å². The highest BCUT2D eigenvalue weighted by Crippen LogP contribution is 2.32. The molecule has 0 saturated heterocycles. The molecule has 15 heavy (non-hydrogen) atoms. The van der Waals surface area contributed by atoms with E-state index >= 15 is 0 Å². The molecule has 0 aliphatic heterocycles. The highest BCUT2D eigenvalue weighted by atomic mass is 127. The van der Waals surface area contributed by atoms with E-state index in [0.717, 1.165) is 0 Å². The third-order valence-corrected chi connectivity index (χ3v) is 3.33. The van der Waals surface area contributed by atoms with Gasteiger partial charge in [-0.05, 0) is 0 Å². The normalized spacial score (nSPS) is 14.9. The molecule has 0 spiro atoms. The summed E-state index contributed by atoms with van der Waals surface area (Å²) in [5.41, 5.74) is 4.91. The maximum absolute atomic E-state index is 11.4. The monoisotopic (exact) mass is 329 g/mol. The standard InChI is InChI=1S/C9H16INO4/c1-5(2)7(12)14-9(10,6(3)4)15-8(11)13/h5-6H,1-4H3,(H2,11,13)/t9-/m1/s1. The molecule has 2 N–H and O–H groups in total.